The van der Waals surface area contributed by atoms with Crippen molar-refractivity contribution in [1.82, 2.24) is 15.3 Å². The topological polar surface area (TPSA) is 76.1 Å². The second kappa shape index (κ2) is 6.95. The van der Waals surface area contributed by atoms with E-state index in [9.17, 15) is 18.0 Å². The predicted octanol–water partition coefficient (Wildman–Crippen LogP) is 3.26. The number of nitrogens with zero attached hydrogens (tertiary/aromatic N) is 2. The van der Waals surface area contributed by atoms with Crippen molar-refractivity contribution >= 4 is 11.7 Å². The van der Waals surface area contributed by atoms with Crippen molar-refractivity contribution in [2.24, 2.45) is 0 Å². The number of hydrogen-bond acceptors (Lipinski definition) is 4. The maximum Gasteiger partial charge on any atom is 0.405 e. The van der Waals surface area contributed by atoms with E-state index in [1.54, 1.807) is 30.4 Å². The van der Waals surface area contributed by atoms with Gasteiger partial charge in [0, 0.05) is 18.1 Å². The van der Waals surface area contributed by atoms with Crippen LogP contribution in [0.4, 0.5) is 23.7 Å². The van der Waals surface area contributed by atoms with Gasteiger partial charge in [-0.05, 0) is 36.8 Å². The molecule has 9 heteroatoms. The maximum atomic E-state index is 12.0. The molecule has 1 aromatic carbocycles. The van der Waals surface area contributed by atoms with Crippen LogP contribution in [0.5, 0.6) is 11.8 Å². The Morgan fingerprint density at radius 3 is 2.57 bits per heavy atom. The Bertz CT molecular complexity index is 677. The van der Waals surface area contributed by atoms with Gasteiger partial charge in [-0.2, -0.15) is 13.2 Å². The van der Waals surface area contributed by atoms with Crippen LogP contribution < -0.4 is 15.4 Å². The van der Waals surface area contributed by atoms with Gasteiger partial charge in [0.25, 0.3) is 0 Å². The zero-order chi connectivity index (χ0) is 16.9. The second-order valence-corrected chi connectivity index (χ2v) is 4.53. The Labute approximate surface area is 129 Å². The Hall–Kier alpha value is -2.84. The van der Waals surface area contributed by atoms with Gasteiger partial charge in [-0.3, -0.25) is 0 Å². The third-order valence-corrected chi connectivity index (χ3v) is 2.65. The number of anilines is 1. The number of carbonyl (C=O) groups is 1. The molecule has 0 spiro atoms. The number of aryl methyl sites for hydroxylation is 1. The number of benzene rings is 1. The standard InChI is InChI=1S/C14H13F3N4O2/c1-9-7-10(23-13-18-5-2-6-19-13)3-4-11(9)21-12(22)20-8-14(15,16)17/h2-7H,8H2,1H3,(H2,20,21,22). The predicted molar refractivity (Wildman–Crippen MR) is 76.4 cm³/mol. The zero-order valence-corrected chi connectivity index (χ0v) is 12.0. The van der Waals surface area contributed by atoms with Crippen molar-refractivity contribution in [1.29, 1.82) is 0 Å². The van der Waals surface area contributed by atoms with Crippen LogP contribution in [-0.2, 0) is 0 Å². The lowest BCUT2D eigenvalue weighted by Crippen LogP contribution is -2.36. The number of amides is 2. The Morgan fingerprint density at radius 1 is 1.26 bits per heavy atom. The van der Waals surface area contributed by atoms with E-state index >= 15 is 0 Å². The highest BCUT2D eigenvalue weighted by molar-refractivity contribution is 5.90. The van der Waals surface area contributed by atoms with E-state index in [1.807, 2.05) is 0 Å². The molecular weight excluding hydrogens is 313 g/mol. The lowest BCUT2D eigenvalue weighted by Gasteiger charge is -2.12. The van der Waals surface area contributed by atoms with Crippen LogP contribution in [0, 0.1) is 6.92 Å². The molecule has 0 fully saturated rings. The molecule has 0 aliphatic heterocycles. The number of hydrogen-bond donors (Lipinski definition) is 2. The molecule has 1 aromatic heterocycles. The SMILES string of the molecule is Cc1cc(Oc2ncccn2)ccc1NC(=O)NCC(F)(F)F. The number of ether oxygens (including phenoxy) is 1. The first-order chi connectivity index (χ1) is 10.8. The number of rotatable bonds is 4. The van der Waals surface area contributed by atoms with E-state index in [0.717, 1.165) is 0 Å². The number of aromatic nitrogens is 2. The maximum absolute atomic E-state index is 12.0. The fourth-order valence-corrected chi connectivity index (χ4v) is 1.63. The van der Waals surface area contributed by atoms with Crippen molar-refractivity contribution in [3.05, 3.63) is 42.2 Å². The van der Waals surface area contributed by atoms with Gasteiger partial charge in [0.05, 0.1) is 0 Å². The van der Waals surface area contributed by atoms with Crippen LogP contribution in [0.2, 0.25) is 0 Å². The average molecular weight is 326 g/mol. The van der Waals surface area contributed by atoms with Crippen LogP contribution in [0.25, 0.3) is 0 Å². The highest BCUT2D eigenvalue weighted by Crippen LogP contribution is 2.24. The first-order valence-corrected chi connectivity index (χ1v) is 6.50. The summed E-state index contributed by atoms with van der Waals surface area (Å²) < 4.78 is 41.5. The molecule has 2 N–H and O–H groups in total. The normalized spacial score (nSPS) is 11.0. The molecule has 0 atom stereocenters. The quantitative estimate of drug-likeness (QED) is 0.904. The van der Waals surface area contributed by atoms with Gasteiger partial charge in [-0.1, -0.05) is 0 Å². The van der Waals surface area contributed by atoms with E-state index < -0.39 is 18.8 Å². The van der Waals surface area contributed by atoms with Gasteiger partial charge in [-0.15, -0.1) is 0 Å². The van der Waals surface area contributed by atoms with Crippen LogP contribution in [0.1, 0.15) is 5.56 Å². The molecule has 0 bridgehead atoms. The highest BCUT2D eigenvalue weighted by atomic mass is 19.4. The summed E-state index contributed by atoms with van der Waals surface area (Å²) in [5.74, 6) is 0.440. The van der Waals surface area contributed by atoms with Gasteiger partial charge in [0.2, 0.25) is 0 Å². The fraction of sp³-hybridized carbons (Fsp3) is 0.214. The first-order valence-electron chi connectivity index (χ1n) is 6.50. The smallest absolute Gasteiger partial charge is 0.405 e. The fourth-order valence-electron chi connectivity index (χ4n) is 1.63. The summed E-state index contributed by atoms with van der Waals surface area (Å²) in [5.41, 5.74) is 0.978. The molecule has 1 heterocycles. The average Bonchev–Trinajstić information content (AvgIpc) is 2.48. The van der Waals surface area contributed by atoms with Crippen LogP contribution in [0.15, 0.2) is 36.7 Å². The van der Waals surface area contributed by atoms with Crippen molar-refractivity contribution in [2.45, 2.75) is 13.1 Å². The molecule has 0 saturated heterocycles. The summed E-state index contributed by atoms with van der Waals surface area (Å²) in [7, 11) is 0. The third-order valence-electron chi connectivity index (χ3n) is 2.65. The molecule has 0 aliphatic carbocycles. The molecule has 2 amide bonds. The monoisotopic (exact) mass is 326 g/mol. The summed E-state index contributed by atoms with van der Waals surface area (Å²) in [6.07, 6.45) is -1.41. The highest BCUT2D eigenvalue weighted by Gasteiger charge is 2.27. The van der Waals surface area contributed by atoms with Crippen molar-refractivity contribution in [3.63, 3.8) is 0 Å². The third kappa shape index (κ3) is 5.46. The number of alkyl halides is 3. The van der Waals surface area contributed by atoms with E-state index in [4.69, 9.17) is 4.74 Å². The summed E-state index contributed by atoms with van der Waals surface area (Å²) in [5, 5.41) is 4.06. The number of halogens is 3. The molecule has 2 aromatic rings. The first kappa shape index (κ1) is 16.5. The van der Waals surface area contributed by atoms with E-state index in [0.29, 0.717) is 17.0 Å². The van der Waals surface area contributed by atoms with E-state index in [1.165, 1.54) is 18.5 Å². The zero-order valence-electron chi connectivity index (χ0n) is 12.0. The number of nitrogens with one attached hydrogen (secondary N) is 2. The van der Waals surface area contributed by atoms with Crippen LogP contribution in [0.3, 0.4) is 0 Å². The minimum Gasteiger partial charge on any atom is -0.424 e. The summed E-state index contributed by atoms with van der Waals surface area (Å²) >= 11 is 0. The van der Waals surface area contributed by atoms with Gasteiger partial charge >= 0.3 is 18.2 Å². The lowest BCUT2D eigenvalue weighted by molar-refractivity contribution is -0.122. The Morgan fingerprint density at radius 2 is 1.96 bits per heavy atom. The van der Waals surface area contributed by atoms with Crippen LogP contribution >= 0.6 is 0 Å². The molecule has 0 radical (unpaired) electrons. The summed E-state index contributed by atoms with van der Waals surface area (Å²) in [6.45, 7) is 0.280. The summed E-state index contributed by atoms with van der Waals surface area (Å²) in [4.78, 5) is 19.2. The molecule has 6 nitrogen and oxygen atoms in total. The lowest BCUT2D eigenvalue weighted by atomic mass is 10.2. The van der Waals surface area contributed by atoms with Crippen molar-refractivity contribution in [2.75, 3.05) is 11.9 Å². The van der Waals surface area contributed by atoms with Crippen LogP contribution in [-0.4, -0.2) is 28.7 Å². The minimum atomic E-state index is -4.46. The summed E-state index contributed by atoms with van der Waals surface area (Å²) in [6, 6.07) is 5.53. The number of urea groups is 1. The molecule has 0 aliphatic rings. The van der Waals surface area contributed by atoms with Crippen molar-refractivity contribution < 1.29 is 22.7 Å². The molecule has 122 valence electrons. The second-order valence-electron chi connectivity index (χ2n) is 4.53. The Balaban J connectivity index is 1.98. The van der Waals surface area contributed by atoms with Gasteiger partial charge in [0.1, 0.15) is 12.3 Å². The molecule has 23 heavy (non-hydrogen) atoms. The van der Waals surface area contributed by atoms with E-state index in [-0.39, 0.29) is 6.01 Å². The molecular formula is C14H13F3N4O2. The van der Waals surface area contributed by atoms with Crippen molar-refractivity contribution in [3.8, 4) is 11.8 Å². The number of carbonyl (C=O) groups excluding carboxylic acids is 1. The van der Waals surface area contributed by atoms with Gasteiger partial charge in [0.15, 0.2) is 0 Å². The molecule has 0 unspecified atom stereocenters. The minimum absolute atomic E-state index is 0.163. The Kier molecular flexibility index (Phi) is 4.99. The van der Waals surface area contributed by atoms with Gasteiger partial charge in [-0.25, -0.2) is 14.8 Å². The largest absolute Gasteiger partial charge is 0.424 e. The molecule has 0 saturated carbocycles. The molecule has 2 rings (SSSR count). The van der Waals surface area contributed by atoms with Gasteiger partial charge < -0.3 is 15.4 Å². The van der Waals surface area contributed by atoms with E-state index in [2.05, 4.69) is 15.3 Å².